The van der Waals surface area contributed by atoms with E-state index in [2.05, 4.69) is 0 Å². The third-order valence-electron chi connectivity index (χ3n) is 3.87. The molecule has 1 N–H and O–H groups in total. The first-order valence-corrected chi connectivity index (χ1v) is 6.50. The summed E-state index contributed by atoms with van der Waals surface area (Å²) in [5.74, 6) is -5.28. The minimum absolute atomic E-state index is 0.207. The lowest BCUT2D eigenvalue weighted by atomic mass is 9.90. The number of carboxylic acids is 1. The van der Waals surface area contributed by atoms with E-state index in [1.165, 1.54) is 0 Å². The number of nitrogens with zero attached hydrogens (tertiary/aromatic N) is 1. The van der Waals surface area contributed by atoms with Gasteiger partial charge in [-0.25, -0.2) is 13.2 Å². The van der Waals surface area contributed by atoms with Crippen molar-refractivity contribution in [2.75, 3.05) is 6.54 Å². The van der Waals surface area contributed by atoms with E-state index in [4.69, 9.17) is 5.11 Å². The van der Waals surface area contributed by atoms with Crippen molar-refractivity contribution < 1.29 is 23.1 Å². The van der Waals surface area contributed by atoms with Gasteiger partial charge in [0.1, 0.15) is 0 Å². The van der Waals surface area contributed by atoms with Crippen LogP contribution in [0.2, 0.25) is 0 Å². The maximum Gasteiger partial charge on any atom is 0.308 e. The Labute approximate surface area is 115 Å². The number of piperidine rings is 1. The number of hydrogen-bond donors (Lipinski definition) is 1. The van der Waals surface area contributed by atoms with Gasteiger partial charge in [0.05, 0.1) is 5.92 Å². The van der Waals surface area contributed by atoms with E-state index in [9.17, 15) is 18.0 Å². The minimum atomic E-state index is -1.48. The van der Waals surface area contributed by atoms with Gasteiger partial charge in [-0.2, -0.15) is 0 Å². The molecule has 1 aromatic rings. The molecule has 1 saturated heterocycles. The standard InChI is InChI=1S/C14H16F3NO2/c1-8-10(14(19)20)3-2-4-18(8)7-9-5-11(15)13(17)12(16)6-9/h5-6,8,10H,2-4,7H2,1H3,(H,19,20)/t8-,10-/m1/s1. The van der Waals surface area contributed by atoms with E-state index in [1.807, 2.05) is 4.90 Å². The van der Waals surface area contributed by atoms with Crippen LogP contribution < -0.4 is 0 Å². The predicted octanol–water partition coefficient (Wildman–Crippen LogP) is 2.79. The van der Waals surface area contributed by atoms with Crippen LogP contribution in [0, 0.1) is 23.4 Å². The first-order chi connectivity index (χ1) is 9.40. The fourth-order valence-electron chi connectivity index (χ4n) is 2.70. The molecule has 0 spiro atoms. The molecule has 1 fully saturated rings. The van der Waals surface area contributed by atoms with Gasteiger partial charge in [0.15, 0.2) is 17.5 Å². The molecule has 2 atom stereocenters. The second-order valence-electron chi connectivity index (χ2n) is 5.17. The fourth-order valence-corrected chi connectivity index (χ4v) is 2.70. The van der Waals surface area contributed by atoms with Crippen LogP contribution in [0.5, 0.6) is 0 Å². The van der Waals surface area contributed by atoms with Crippen LogP contribution in [0.1, 0.15) is 25.3 Å². The largest absolute Gasteiger partial charge is 0.481 e. The predicted molar refractivity (Wildman–Crippen MR) is 66.5 cm³/mol. The number of halogens is 3. The first-order valence-electron chi connectivity index (χ1n) is 6.50. The van der Waals surface area contributed by atoms with Crippen LogP contribution >= 0.6 is 0 Å². The van der Waals surface area contributed by atoms with Crippen molar-refractivity contribution in [1.82, 2.24) is 4.90 Å². The number of carboxylic acid groups (broad SMARTS) is 1. The second kappa shape index (κ2) is 5.83. The average molecular weight is 287 g/mol. The van der Waals surface area contributed by atoms with Crippen LogP contribution in [0.25, 0.3) is 0 Å². The Morgan fingerprint density at radius 1 is 1.35 bits per heavy atom. The van der Waals surface area contributed by atoms with Crippen molar-refractivity contribution in [3.63, 3.8) is 0 Å². The highest BCUT2D eigenvalue weighted by atomic mass is 19.2. The van der Waals surface area contributed by atoms with Crippen molar-refractivity contribution >= 4 is 5.97 Å². The third-order valence-corrected chi connectivity index (χ3v) is 3.87. The number of rotatable bonds is 3. The molecule has 20 heavy (non-hydrogen) atoms. The molecule has 1 heterocycles. The highest BCUT2D eigenvalue weighted by Crippen LogP contribution is 2.26. The van der Waals surface area contributed by atoms with E-state index in [1.54, 1.807) is 6.92 Å². The number of aliphatic carboxylic acids is 1. The molecule has 2 rings (SSSR count). The zero-order chi connectivity index (χ0) is 14.9. The number of benzene rings is 1. The van der Waals surface area contributed by atoms with Gasteiger partial charge in [0.2, 0.25) is 0 Å². The Kier molecular flexibility index (Phi) is 4.32. The van der Waals surface area contributed by atoms with Crippen LogP contribution in [0.15, 0.2) is 12.1 Å². The summed E-state index contributed by atoms with van der Waals surface area (Å²) in [6.07, 6.45) is 1.31. The van der Waals surface area contributed by atoms with E-state index < -0.39 is 29.3 Å². The summed E-state index contributed by atoms with van der Waals surface area (Å²) in [5, 5.41) is 9.12. The fraction of sp³-hybridized carbons (Fsp3) is 0.500. The topological polar surface area (TPSA) is 40.5 Å². The maximum absolute atomic E-state index is 13.2. The van der Waals surface area contributed by atoms with Gasteiger partial charge < -0.3 is 5.11 Å². The molecule has 1 aliphatic heterocycles. The molecular formula is C14H16F3NO2. The molecule has 0 bridgehead atoms. The first kappa shape index (κ1) is 14.8. The number of carbonyl (C=O) groups is 1. The van der Waals surface area contributed by atoms with Gasteiger partial charge in [0.25, 0.3) is 0 Å². The Hall–Kier alpha value is -1.56. The van der Waals surface area contributed by atoms with Gasteiger partial charge >= 0.3 is 5.97 Å². The monoisotopic (exact) mass is 287 g/mol. The Balaban J connectivity index is 2.15. The summed E-state index contributed by atoms with van der Waals surface area (Å²) in [7, 11) is 0. The molecule has 0 saturated carbocycles. The SMILES string of the molecule is C[C@@H]1[C@H](C(=O)O)CCCN1Cc1cc(F)c(F)c(F)c1. The van der Waals surface area contributed by atoms with E-state index >= 15 is 0 Å². The summed E-state index contributed by atoms with van der Waals surface area (Å²) in [4.78, 5) is 13.0. The summed E-state index contributed by atoms with van der Waals surface area (Å²) in [6, 6.07) is 1.68. The van der Waals surface area contributed by atoms with Crippen molar-refractivity contribution in [2.24, 2.45) is 5.92 Å². The van der Waals surface area contributed by atoms with Crippen LogP contribution in [-0.2, 0) is 11.3 Å². The quantitative estimate of drug-likeness (QED) is 0.869. The lowest BCUT2D eigenvalue weighted by molar-refractivity contribution is -0.145. The maximum atomic E-state index is 13.2. The zero-order valence-electron chi connectivity index (χ0n) is 11.1. The summed E-state index contributed by atoms with van der Waals surface area (Å²) in [5.41, 5.74) is 0.305. The van der Waals surface area contributed by atoms with Crippen LogP contribution in [0.3, 0.4) is 0 Å². The molecule has 0 aliphatic carbocycles. The normalized spacial score (nSPS) is 23.8. The summed E-state index contributed by atoms with van der Waals surface area (Å²) < 4.78 is 39.2. The van der Waals surface area contributed by atoms with Crippen LogP contribution in [-0.4, -0.2) is 28.6 Å². The van der Waals surface area contributed by atoms with E-state index in [0.717, 1.165) is 12.1 Å². The molecular weight excluding hydrogens is 271 g/mol. The number of likely N-dealkylation sites (tertiary alicyclic amines) is 1. The van der Waals surface area contributed by atoms with Gasteiger partial charge in [-0.15, -0.1) is 0 Å². The lowest BCUT2D eigenvalue weighted by Crippen LogP contribution is -2.45. The summed E-state index contributed by atoms with van der Waals surface area (Å²) >= 11 is 0. The third kappa shape index (κ3) is 2.95. The molecule has 0 unspecified atom stereocenters. The Bertz CT molecular complexity index is 498. The highest BCUT2D eigenvalue weighted by molar-refractivity contribution is 5.70. The van der Waals surface area contributed by atoms with Crippen molar-refractivity contribution in [2.45, 2.75) is 32.4 Å². The van der Waals surface area contributed by atoms with Crippen molar-refractivity contribution in [3.05, 3.63) is 35.1 Å². The lowest BCUT2D eigenvalue weighted by Gasteiger charge is -2.37. The highest BCUT2D eigenvalue weighted by Gasteiger charge is 2.32. The Morgan fingerprint density at radius 2 is 1.95 bits per heavy atom. The molecule has 110 valence electrons. The van der Waals surface area contributed by atoms with Gasteiger partial charge in [-0.05, 0) is 44.0 Å². The van der Waals surface area contributed by atoms with Crippen molar-refractivity contribution in [3.8, 4) is 0 Å². The Morgan fingerprint density at radius 3 is 2.50 bits per heavy atom. The number of hydrogen-bond acceptors (Lipinski definition) is 2. The molecule has 0 aromatic heterocycles. The zero-order valence-corrected chi connectivity index (χ0v) is 11.1. The molecule has 1 aromatic carbocycles. The van der Waals surface area contributed by atoms with Crippen molar-refractivity contribution in [1.29, 1.82) is 0 Å². The van der Waals surface area contributed by atoms with E-state index in [0.29, 0.717) is 24.9 Å². The summed E-state index contributed by atoms with van der Waals surface area (Å²) in [6.45, 7) is 2.65. The smallest absolute Gasteiger partial charge is 0.308 e. The second-order valence-corrected chi connectivity index (χ2v) is 5.17. The molecule has 6 heteroatoms. The molecule has 1 aliphatic rings. The molecule has 0 radical (unpaired) electrons. The molecule has 0 amide bonds. The van der Waals surface area contributed by atoms with Gasteiger partial charge in [-0.1, -0.05) is 0 Å². The van der Waals surface area contributed by atoms with E-state index in [-0.39, 0.29) is 12.6 Å². The van der Waals surface area contributed by atoms with Gasteiger partial charge in [0, 0.05) is 12.6 Å². The van der Waals surface area contributed by atoms with Gasteiger partial charge in [-0.3, -0.25) is 9.69 Å². The minimum Gasteiger partial charge on any atom is -0.481 e. The molecule has 3 nitrogen and oxygen atoms in total. The van der Waals surface area contributed by atoms with Crippen LogP contribution in [0.4, 0.5) is 13.2 Å². The average Bonchev–Trinajstić information content (AvgIpc) is 2.38.